The van der Waals surface area contributed by atoms with Crippen LogP contribution in [0.3, 0.4) is 0 Å². The lowest BCUT2D eigenvalue weighted by molar-refractivity contribution is -0.109. The molecule has 5 rings (SSSR count). The molecule has 35 heavy (non-hydrogen) atoms. The van der Waals surface area contributed by atoms with Crippen molar-refractivity contribution in [1.82, 2.24) is 9.13 Å². The van der Waals surface area contributed by atoms with Crippen LogP contribution in [-0.4, -0.2) is 20.0 Å². The van der Waals surface area contributed by atoms with Crippen LogP contribution >= 0.6 is 0 Å². The van der Waals surface area contributed by atoms with E-state index in [1.807, 2.05) is 37.3 Å². The molecule has 0 aliphatic heterocycles. The second kappa shape index (κ2) is 8.57. The highest BCUT2D eigenvalue weighted by Gasteiger charge is 2.24. The summed E-state index contributed by atoms with van der Waals surface area (Å²) in [6.07, 6.45) is 4.53. The van der Waals surface area contributed by atoms with Gasteiger partial charge in [-0.3, -0.25) is 9.59 Å². The van der Waals surface area contributed by atoms with Crippen molar-refractivity contribution >= 4 is 23.5 Å². The zero-order chi connectivity index (χ0) is 24.7. The average Bonchev–Trinajstić information content (AvgIpc) is 2.85. The molecule has 0 saturated carbocycles. The molecule has 1 heterocycles. The Morgan fingerprint density at radius 2 is 1.29 bits per heavy atom. The Morgan fingerprint density at radius 1 is 0.714 bits per heavy atom. The lowest BCUT2D eigenvalue weighted by Gasteiger charge is -2.18. The number of aromatic hydroxyl groups is 1. The van der Waals surface area contributed by atoms with Crippen molar-refractivity contribution in [3.05, 3.63) is 128 Å². The summed E-state index contributed by atoms with van der Waals surface area (Å²) in [4.78, 5) is 40.3. The topological polar surface area (TPSA) is 81.3 Å². The van der Waals surface area contributed by atoms with Crippen LogP contribution in [0.25, 0.3) is 29.1 Å². The molecular formula is C29H22N2O4. The van der Waals surface area contributed by atoms with Gasteiger partial charge in [-0.25, -0.2) is 13.9 Å². The second-order valence-corrected chi connectivity index (χ2v) is 8.41. The summed E-state index contributed by atoms with van der Waals surface area (Å²) in [5.74, 6) is -0.815. The van der Waals surface area contributed by atoms with Gasteiger partial charge in [0.2, 0.25) is 5.88 Å². The number of carbonyl (C=O) groups is 1. The minimum absolute atomic E-state index is 0.149. The molecule has 6 nitrogen and oxygen atoms in total. The summed E-state index contributed by atoms with van der Waals surface area (Å²) in [7, 11) is 0. The number of rotatable bonds is 3. The Balaban J connectivity index is 1.91. The minimum atomic E-state index is -0.709. The predicted molar refractivity (Wildman–Crippen MR) is 137 cm³/mol. The first-order valence-electron chi connectivity index (χ1n) is 11.1. The molecule has 1 aromatic heterocycles. The van der Waals surface area contributed by atoms with Crippen molar-refractivity contribution < 1.29 is 9.90 Å². The number of allylic oxidation sites excluding steroid dienone is 2. The molecule has 0 fully saturated rings. The van der Waals surface area contributed by atoms with Crippen molar-refractivity contribution in [3.63, 3.8) is 0 Å². The van der Waals surface area contributed by atoms with Crippen molar-refractivity contribution in [2.24, 2.45) is 0 Å². The van der Waals surface area contributed by atoms with Gasteiger partial charge in [-0.2, -0.15) is 0 Å². The fraction of sp³-hybridized carbons (Fsp3) is 0.0690. The van der Waals surface area contributed by atoms with Crippen LogP contribution in [0, 0.1) is 13.8 Å². The van der Waals surface area contributed by atoms with E-state index in [-0.39, 0.29) is 16.9 Å². The fourth-order valence-corrected chi connectivity index (χ4v) is 4.37. The maximum atomic E-state index is 13.7. The van der Waals surface area contributed by atoms with E-state index in [0.717, 1.165) is 20.3 Å². The highest BCUT2D eigenvalue weighted by Crippen LogP contribution is 2.30. The van der Waals surface area contributed by atoms with Gasteiger partial charge in [-0.15, -0.1) is 0 Å². The molecule has 1 aliphatic carbocycles. The van der Waals surface area contributed by atoms with E-state index in [4.69, 9.17) is 0 Å². The number of aromatic nitrogens is 2. The number of ketones is 1. The van der Waals surface area contributed by atoms with Crippen LogP contribution < -0.4 is 11.2 Å². The first-order chi connectivity index (χ1) is 16.9. The smallest absolute Gasteiger partial charge is 0.343 e. The van der Waals surface area contributed by atoms with E-state index in [1.54, 1.807) is 55.5 Å². The molecule has 0 bridgehead atoms. The van der Waals surface area contributed by atoms with Crippen molar-refractivity contribution in [3.8, 4) is 17.3 Å². The maximum absolute atomic E-state index is 13.7. The normalized spacial score (nSPS) is 13.8. The standard InChI is InChI=1S/C29H22N2O4/c1-18-9-3-7-13-24(18)30-27(33)23(17-22-21-12-6-5-11-20(21)15-16-26(22)32)28(34)31(29(30)35)25-14-8-4-10-19(25)2/h3-17,33H,1-2H3. The molecule has 0 atom stereocenters. The van der Waals surface area contributed by atoms with Crippen LogP contribution in [0.4, 0.5) is 0 Å². The second-order valence-electron chi connectivity index (χ2n) is 8.41. The lowest BCUT2D eigenvalue weighted by atomic mass is 9.90. The van der Waals surface area contributed by atoms with Crippen LogP contribution in [0.1, 0.15) is 27.8 Å². The Bertz CT molecular complexity index is 1690. The summed E-state index contributed by atoms with van der Waals surface area (Å²) >= 11 is 0. The van der Waals surface area contributed by atoms with E-state index in [9.17, 15) is 19.5 Å². The summed E-state index contributed by atoms with van der Waals surface area (Å²) in [6.45, 7) is 3.62. The van der Waals surface area contributed by atoms with Gasteiger partial charge in [0.25, 0.3) is 5.56 Å². The van der Waals surface area contributed by atoms with Gasteiger partial charge in [-0.1, -0.05) is 66.7 Å². The Labute approximate surface area is 201 Å². The number of para-hydroxylation sites is 2. The van der Waals surface area contributed by atoms with Gasteiger partial charge in [0.1, 0.15) is 5.56 Å². The van der Waals surface area contributed by atoms with Crippen LogP contribution in [0.2, 0.25) is 0 Å². The summed E-state index contributed by atoms with van der Waals surface area (Å²) in [6, 6.07) is 21.4. The van der Waals surface area contributed by atoms with Crippen molar-refractivity contribution in [2.45, 2.75) is 13.8 Å². The van der Waals surface area contributed by atoms with Gasteiger partial charge in [0.05, 0.1) is 11.4 Å². The quantitative estimate of drug-likeness (QED) is 0.456. The molecule has 1 N–H and O–H groups in total. The number of nitrogens with zero attached hydrogens (tertiary/aromatic N) is 2. The highest BCUT2D eigenvalue weighted by atomic mass is 16.3. The zero-order valence-electron chi connectivity index (χ0n) is 19.2. The van der Waals surface area contributed by atoms with Gasteiger partial charge in [0, 0.05) is 5.57 Å². The molecule has 0 spiro atoms. The molecule has 172 valence electrons. The van der Waals surface area contributed by atoms with E-state index in [0.29, 0.717) is 22.5 Å². The number of carbonyl (C=O) groups excluding carboxylic acids is 1. The van der Waals surface area contributed by atoms with Gasteiger partial charge in [-0.05, 0) is 60.4 Å². The van der Waals surface area contributed by atoms with E-state index in [1.165, 1.54) is 12.2 Å². The Kier molecular flexibility index (Phi) is 5.41. The monoisotopic (exact) mass is 462 g/mol. The third-order valence-corrected chi connectivity index (χ3v) is 6.20. The fourth-order valence-electron chi connectivity index (χ4n) is 4.37. The van der Waals surface area contributed by atoms with Crippen molar-refractivity contribution in [1.29, 1.82) is 0 Å². The van der Waals surface area contributed by atoms with Crippen LogP contribution in [0.5, 0.6) is 5.88 Å². The van der Waals surface area contributed by atoms with Crippen LogP contribution in [0.15, 0.2) is 88.5 Å². The predicted octanol–water partition coefficient (Wildman–Crippen LogP) is 4.45. The zero-order valence-corrected chi connectivity index (χ0v) is 19.2. The van der Waals surface area contributed by atoms with Gasteiger partial charge >= 0.3 is 5.69 Å². The summed E-state index contributed by atoms with van der Waals surface area (Å²) in [5, 5.41) is 11.3. The molecule has 1 aliphatic rings. The van der Waals surface area contributed by atoms with Gasteiger partial charge in [0.15, 0.2) is 5.78 Å². The number of aryl methyl sites for hydroxylation is 2. The molecule has 0 saturated heterocycles. The minimum Gasteiger partial charge on any atom is -0.494 e. The third-order valence-electron chi connectivity index (χ3n) is 6.20. The third kappa shape index (κ3) is 3.65. The Morgan fingerprint density at radius 3 is 1.94 bits per heavy atom. The summed E-state index contributed by atoms with van der Waals surface area (Å²) < 4.78 is 2.16. The Hall–Kier alpha value is -4.71. The molecule has 6 heteroatoms. The van der Waals surface area contributed by atoms with E-state index in [2.05, 4.69) is 0 Å². The average molecular weight is 463 g/mol. The lowest BCUT2D eigenvalue weighted by Crippen LogP contribution is -2.40. The van der Waals surface area contributed by atoms with Crippen LogP contribution in [-0.2, 0) is 4.79 Å². The number of hydrogen-bond donors (Lipinski definition) is 1. The molecule has 0 unspecified atom stereocenters. The first kappa shape index (κ1) is 22.1. The molecule has 0 radical (unpaired) electrons. The van der Waals surface area contributed by atoms with Gasteiger partial charge < -0.3 is 5.11 Å². The SMILES string of the molecule is Cc1ccccc1-n1c(O)c(C=C2C(=O)C=Cc3ccccc32)c(=O)n(-c2ccccc2C)c1=O. The summed E-state index contributed by atoms with van der Waals surface area (Å²) in [5.41, 5.74) is 2.47. The first-order valence-corrected chi connectivity index (χ1v) is 11.1. The molecule has 4 aromatic rings. The van der Waals surface area contributed by atoms with E-state index >= 15 is 0 Å². The number of hydrogen-bond acceptors (Lipinski definition) is 4. The largest absolute Gasteiger partial charge is 0.494 e. The molecule has 3 aromatic carbocycles. The maximum Gasteiger partial charge on any atom is 0.343 e. The number of fused-ring (bicyclic) bond motifs is 1. The molecular weight excluding hydrogens is 440 g/mol. The van der Waals surface area contributed by atoms with Crippen molar-refractivity contribution in [2.75, 3.05) is 0 Å². The molecule has 0 amide bonds. The van der Waals surface area contributed by atoms with E-state index < -0.39 is 17.1 Å². The number of benzene rings is 3. The highest BCUT2D eigenvalue weighted by molar-refractivity contribution is 6.33.